The van der Waals surface area contributed by atoms with Crippen molar-refractivity contribution in [2.24, 2.45) is 11.5 Å². The number of urea groups is 2. The highest BCUT2D eigenvalue weighted by atomic mass is 32.1. The van der Waals surface area contributed by atoms with Crippen LogP contribution in [0.1, 0.15) is 28.9 Å². The van der Waals surface area contributed by atoms with Crippen LogP contribution in [0.3, 0.4) is 0 Å². The average Bonchev–Trinajstić information content (AvgIpc) is 2.97. The van der Waals surface area contributed by atoms with E-state index in [0.717, 1.165) is 29.0 Å². The van der Waals surface area contributed by atoms with Gasteiger partial charge in [0.1, 0.15) is 11.0 Å². The van der Waals surface area contributed by atoms with Crippen molar-refractivity contribution in [2.45, 2.75) is 25.4 Å². The van der Waals surface area contributed by atoms with E-state index in [-0.39, 0.29) is 11.4 Å². The Labute approximate surface area is 184 Å². The summed E-state index contributed by atoms with van der Waals surface area (Å²) in [4.78, 5) is 40.5. The van der Waals surface area contributed by atoms with Gasteiger partial charge in [0, 0.05) is 31.2 Å². The molecule has 31 heavy (non-hydrogen) atoms. The number of benzene rings is 1. The number of likely N-dealkylation sites (tertiary alicyclic amines) is 1. The van der Waals surface area contributed by atoms with Gasteiger partial charge in [-0.25, -0.2) is 14.4 Å². The number of nitrogens with zero attached hydrogens (tertiary/aromatic N) is 2. The maximum Gasteiger partial charge on any atom is 0.350 e. The normalized spacial score (nSPS) is 16.3. The van der Waals surface area contributed by atoms with Crippen molar-refractivity contribution in [1.82, 2.24) is 4.90 Å². The van der Waals surface area contributed by atoms with Gasteiger partial charge >= 0.3 is 18.0 Å². The molecule has 1 aliphatic rings. The van der Waals surface area contributed by atoms with Gasteiger partial charge in [0.15, 0.2) is 0 Å². The van der Waals surface area contributed by atoms with Crippen molar-refractivity contribution in [3.05, 3.63) is 35.2 Å². The van der Waals surface area contributed by atoms with Crippen LogP contribution in [-0.2, 0) is 4.74 Å². The molecule has 5 N–H and O–H groups in total. The Kier molecular flexibility index (Phi) is 7.01. The van der Waals surface area contributed by atoms with Crippen LogP contribution in [0.25, 0.3) is 10.4 Å². The Morgan fingerprint density at radius 3 is 2.48 bits per heavy atom. The molecule has 0 spiro atoms. The topological polar surface area (TPSA) is 131 Å². The van der Waals surface area contributed by atoms with Gasteiger partial charge in [-0.15, -0.1) is 11.3 Å². The number of primary amides is 2. The largest absolute Gasteiger partial charge is 0.456 e. The molecule has 1 unspecified atom stereocenters. The molecule has 10 heteroatoms. The van der Waals surface area contributed by atoms with E-state index in [1.165, 1.54) is 16.2 Å². The molecule has 0 radical (unpaired) electrons. The number of amides is 4. The van der Waals surface area contributed by atoms with Crippen molar-refractivity contribution >= 4 is 40.7 Å². The highest BCUT2D eigenvalue weighted by molar-refractivity contribution is 7.18. The summed E-state index contributed by atoms with van der Waals surface area (Å²) < 4.78 is 5.68. The quantitative estimate of drug-likeness (QED) is 0.609. The lowest BCUT2D eigenvalue weighted by Crippen LogP contribution is -2.41. The number of carbonyl (C=O) groups excluding carboxylic acids is 3. The van der Waals surface area contributed by atoms with Crippen LogP contribution in [0, 0.1) is 0 Å². The molecule has 1 atom stereocenters. The lowest BCUT2D eigenvalue weighted by molar-refractivity contribution is 0.0247. The molecule has 0 bridgehead atoms. The van der Waals surface area contributed by atoms with E-state index in [0.29, 0.717) is 18.7 Å². The van der Waals surface area contributed by atoms with Crippen molar-refractivity contribution in [3.8, 4) is 10.4 Å². The molecule has 1 aromatic carbocycles. The zero-order valence-electron chi connectivity index (χ0n) is 17.6. The van der Waals surface area contributed by atoms with Crippen molar-refractivity contribution in [1.29, 1.82) is 0 Å². The number of rotatable bonds is 5. The summed E-state index contributed by atoms with van der Waals surface area (Å²) in [5.41, 5.74) is 12.9. The van der Waals surface area contributed by atoms with Crippen molar-refractivity contribution in [3.63, 3.8) is 0 Å². The van der Waals surface area contributed by atoms with Crippen LogP contribution in [-0.4, -0.2) is 56.2 Å². The standard InChI is InChI=1S/C21H27N5O4S/c1-25(2)14-8-6-13(7-9-14)17-11-16(24-20(22)28)18(31-17)19(27)30-15-5-3-4-10-26(12-15)21(23)29/h6-9,11,15H,3-5,10,12H2,1-2H3,(H2,23,29)(H3,22,24,28). The third-order valence-corrected chi connectivity index (χ3v) is 6.22. The van der Waals surface area contributed by atoms with E-state index in [4.69, 9.17) is 16.2 Å². The first-order valence-corrected chi connectivity index (χ1v) is 10.8. The van der Waals surface area contributed by atoms with Crippen LogP contribution in [0.15, 0.2) is 30.3 Å². The Balaban J connectivity index is 1.83. The van der Waals surface area contributed by atoms with Crippen molar-refractivity contribution < 1.29 is 19.1 Å². The maximum atomic E-state index is 12.9. The number of hydrogen-bond acceptors (Lipinski definition) is 6. The number of nitrogens with two attached hydrogens (primary N) is 2. The average molecular weight is 446 g/mol. The molecular weight excluding hydrogens is 418 g/mol. The van der Waals surface area contributed by atoms with Crippen LogP contribution in [0.5, 0.6) is 0 Å². The lowest BCUT2D eigenvalue weighted by Gasteiger charge is -2.22. The minimum absolute atomic E-state index is 0.250. The third-order valence-electron chi connectivity index (χ3n) is 5.06. The first-order chi connectivity index (χ1) is 14.7. The molecule has 3 rings (SSSR count). The summed E-state index contributed by atoms with van der Waals surface area (Å²) in [6.45, 7) is 0.799. The monoisotopic (exact) mass is 445 g/mol. The summed E-state index contributed by atoms with van der Waals surface area (Å²) in [5.74, 6) is -0.568. The fourth-order valence-electron chi connectivity index (χ4n) is 3.44. The molecule has 1 aliphatic heterocycles. The lowest BCUT2D eigenvalue weighted by atomic mass is 10.1. The fraction of sp³-hybridized carbons (Fsp3) is 0.381. The van der Waals surface area contributed by atoms with Gasteiger partial charge in [0.05, 0.1) is 12.2 Å². The number of thiophene rings is 1. The zero-order chi connectivity index (χ0) is 22.5. The number of ether oxygens (including phenoxy) is 1. The van der Waals surface area contributed by atoms with Crippen LogP contribution in [0.4, 0.5) is 21.0 Å². The molecule has 4 amide bonds. The highest BCUT2D eigenvalue weighted by Crippen LogP contribution is 2.36. The molecular formula is C21H27N5O4S. The minimum Gasteiger partial charge on any atom is -0.456 e. The minimum atomic E-state index is -0.768. The Morgan fingerprint density at radius 2 is 1.87 bits per heavy atom. The van der Waals surface area contributed by atoms with E-state index in [9.17, 15) is 14.4 Å². The summed E-state index contributed by atoms with van der Waals surface area (Å²) >= 11 is 1.21. The van der Waals surface area contributed by atoms with E-state index in [2.05, 4.69) is 5.32 Å². The van der Waals surface area contributed by atoms with Gasteiger partial charge in [-0.3, -0.25) is 0 Å². The molecule has 1 aromatic heterocycles. The number of carbonyl (C=O) groups is 3. The molecule has 0 saturated carbocycles. The molecule has 2 heterocycles. The van der Waals surface area contributed by atoms with Crippen LogP contribution in [0.2, 0.25) is 0 Å². The summed E-state index contributed by atoms with van der Waals surface area (Å²) in [5, 5.41) is 2.51. The van der Waals surface area contributed by atoms with Gasteiger partial charge < -0.3 is 31.3 Å². The van der Waals surface area contributed by atoms with Gasteiger partial charge in [0.2, 0.25) is 0 Å². The van der Waals surface area contributed by atoms with E-state index >= 15 is 0 Å². The highest BCUT2D eigenvalue weighted by Gasteiger charge is 2.26. The van der Waals surface area contributed by atoms with E-state index < -0.39 is 24.1 Å². The number of nitrogens with one attached hydrogen (secondary N) is 1. The number of esters is 1. The Bertz CT molecular complexity index is 957. The van der Waals surface area contributed by atoms with Crippen LogP contribution >= 0.6 is 11.3 Å². The molecule has 0 aliphatic carbocycles. The fourth-order valence-corrected chi connectivity index (χ4v) is 4.44. The second-order valence-corrected chi connectivity index (χ2v) is 8.64. The third kappa shape index (κ3) is 5.66. The zero-order valence-corrected chi connectivity index (χ0v) is 18.4. The first-order valence-electron chi connectivity index (χ1n) is 9.98. The maximum absolute atomic E-state index is 12.9. The second kappa shape index (κ2) is 9.69. The molecule has 166 valence electrons. The second-order valence-electron chi connectivity index (χ2n) is 7.59. The predicted molar refractivity (Wildman–Crippen MR) is 121 cm³/mol. The summed E-state index contributed by atoms with van der Waals surface area (Å²) in [7, 11) is 3.91. The molecule has 1 saturated heterocycles. The smallest absolute Gasteiger partial charge is 0.350 e. The summed E-state index contributed by atoms with van der Waals surface area (Å²) in [6, 6.07) is 8.24. The first kappa shape index (κ1) is 22.4. The summed E-state index contributed by atoms with van der Waals surface area (Å²) in [6.07, 6.45) is 1.80. The molecule has 2 aromatic rings. The Hall–Kier alpha value is -3.27. The Morgan fingerprint density at radius 1 is 1.16 bits per heavy atom. The van der Waals surface area contributed by atoms with Gasteiger partial charge in [-0.05, 0) is 43.0 Å². The van der Waals surface area contributed by atoms with Gasteiger partial charge in [-0.2, -0.15) is 0 Å². The van der Waals surface area contributed by atoms with Crippen molar-refractivity contribution in [2.75, 3.05) is 37.4 Å². The van der Waals surface area contributed by atoms with E-state index in [1.807, 2.05) is 43.3 Å². The van der Waals surface area contributed by atoms with E-state index in [1.54, 1.807) is 6.07 Å². The predicted octanol–water partition coefficient (Wildman–Crippen LogP) is 3.06. The van der Waals surface area contributed by atoms with Crippen LogP contribution < -0.4 is 21.7 Å². The number of hydrogen-bond donors (Lipinski definition) is 3. The van der Waals surface area contributed by atoms with Gasteiger partial charge in [0.25, 0.3) is 0 Å². The number of anilines is 2. The molecule has 1 fully saturated rings. The van der Waals surface area contributed by atoms with Gasteiger partial charge in [-0.1, -0.05) is 12.1 Å². The SMILES string of the molecule is CN(C)c1ccc(-c2cc(NC(N)=O)c(C(=O)OC3CCCCN(C(N)=O)C3)s2)cc1. The molecule has 9 nitrogen and oxygen atoms in total.